The number of benzene rings is 1. The summed E-state index contributed by atoms with van der Waals surface area (Å²) in [4.78, 5) is 4.46. The maximum absolute atomic E-state index is 6.28. The van der Waals surface area contributed by atoms with Crippen LogP contribution in [0, 0.1) is 0 Å². The van der Waals surface area contributed by atoms with Gasteiger partial charge in [0.25, 0.3) is 0 Å². The molecule has 108 valence electrons. The first-order valence-electron chi connectivity index (χ1n) is 6.40. The second-order valence-electron chi connectivity index (χ2n) is 4.73. The number of nitrogens with zero attached hydrogens (tertiary/aromatic N) is 1. The lowest BCUT2D eigenvalue weighted by atomic mass is 10.0. The van der Waals surface area contributed by atoms with E-state index >= 15 is 0 Å². The molecule has 0 amide bonds. The van der Waals surface area contributed by atoms with Crippen LogP contribution in [0.1, 0.15) is 17.2 Å². The van der Waals surface area contributed by atoms with E-state index in [4.69, 9.17) is 17.4 Å². The Morgan fingerprint density at radius 1 is 1.33 bits per heavy atom. The third-order valence-corrected chi connectivity index (χ3v) is 5.06. The lowest BCUT2D eigenvalue weighted by Crippen LogP contribution is -2.29. The van der Waals surface area contributed by atoms with Gasteiger partial charge < -0.3 is 0 Å². The van der Waals surface area contributed by atoms with Gasteiger partial charge in [-0.1, -0.05) is 33.6 Å². The molecule has 0 aliphatic heterocycles. The second kappa shape index (κ2) is 6.42. The highest BCUT2D eigenvalue weighted by molar-refractivity contribution is 9.10. The van der Waals surface area contributed by atoms with E-state index in [-0.39, 0.29) is 6.04 Å². The normalized spacial score (nSPS) is 12.7. The molecule has 0 aliphatic carbocycles. The Kier molecular flexibility index (Phi) is 4.57. The van der Waals surface area contributed by atoms with E-state index in [0.29, 0.717) is 6.42 Å². The van der Waals surface area contributed by atoms with Crippen LogP contribution in [0.25, 0.3) is 10.2 Å². The van der Waals surface area contributed by atoms with Gasteiger partial charge in [0.2, 0.25) is 0 Å². The molecule has 3 aromatic rings. The molecule has 2 aromatic heterocycles. The molecule has 0 aliphatic rings. The molecular formula is C15H13BrClN3S. The van der Waals surface area contributed by atoms with Gasteiger partial charge in [-0.3, -0.25) is 16.3 Å². The summed E-state index contributed by atoms with van der Waals surface area (Å²) in [5, 5.41) is 2.77. The predicted octanol–water partition coefficient (Wildman–Crippen LogP) is 4.46. The highest BCUT2D eigenvalue weighted by Crippen LogP contribution is 2.28. The van der Waals surface area contributed by atoms with Gasteiger partial charge in [-0.05, 0) is 47.2 Å². The standard InChI is InChI=1S/C15H13BrClN3S/c16-11-2-1-9(12(17)7-11)5-14(20-18)10-6-15-13(19-8-10)3-4-21-15/h1-4,6-8,14,20H,5,18H2. The van der Waals surface area contributed by atoms with Crippen LogP contribution in [0.4, 0.5) is 0 Å². The van der Waals surface area contributed by atoms with Crippen molar-refractivity contribution in [1.29, 1.82) is 0 Å². The summed E-state index contributed by atoms with van der Waals surface area (Å²) in [6, 6.07) is 10.0. The van der Waals surface area contributed by atoms with E-state index in [1.165, 1.54) is 0 Å². The summed E-state index contributed by atoms with van der Waals surface area (Å²) in [6.07, 6.45) is 2.58. The minimum atomic E-state index is -0.0253. The average Bonchev–Trinajstić information content (AvgIpc) is 2.94. The number of hydrogen-bond donors (Lipinski definition) is 2. The van der Waals surface area contributed by atoms with E-state index in [0.717, 1.165) is 30.8 Å². The first-order chi connectivity index (χ1) is 10.2. The number of nitrogens with one attached hydrogen (secondary N) is 1. The summed E-state index contributed by atoms with van der Waals surface area (Å²) in [5.41, 5.74) is 5.99. The van der Waals surface area contributed by atoms with Crippen LogP contribution in [0.2, 0.25) is 5.02 Å². The van der Waals surface area contributed by atoms with Crippen molar-refractivity contribution >= 4 is 49.1 Å². The third-order valence-electron chi connectivity index (χ3n) is 3.37. The molecule has 3 nitrogen and oxygen atoms in total. The Morgan fingerprint density at radius 2 is 2.19 bits per heavy atom. The molecule has 2 heterocycles. The molecule has 0 bridgehead atoms. The monoisotopic (exact) mass is 381 g/mol. The summed E-state index contributed by atoms with van der Waals surface area (Å²) < 4.78 is 2.13. The topological polar surface area (TPSA) is 50.9 Å². The number of hydrogen-bond acceptors (Lipinski definition) is 4. The van der Waals surface area contributed by atoms with Crippen molar-refractivity contribution in [1.82, 2.24) is 10.4 Å². The average molecular weight is 383 g/mol. The number of pyridine rings is 1. The number of fused-ring (bicyclic) bond motifs is 1. The number of halogens is 2. The van der Waals surface area contributed by atoms with E-state index in [2.05, 4.69) is 32.4 Å². The SMILES string of the molecule is NNC(Cc1ccc(Br)cc1Cl)c1cnc2ccsc2c1. The Morgan fingerprint density at radius 3 is 2.95 bits per heavy atom. The van der Waals surface area contributed by atoms with Crippen molar-refractivity contribution in [2.45, 2.75) is 12.5 Å². The fourth-order valence-corrected chi connectivity index (χ4v) is 3.77. The fraction of sp³-hybridized carbons (Fsp3) is 0.133. The molecule has 1 unspecified atom stereocenters. The van der Waals surface area contributed by atoms with E-state index < -0.39 is 0 Å². The first-order valence-corrected chi connectivity index (χ1v) is 8.45. The molecule has 0 radical (unpaired) electrons. The minimum Gasteiger partial charge on any atom is -0.271 e. The smallest absolute Gasteiger partial charge is 0.0809 e. The zero-order valence-electron chi connectivity index (χ0n) is 11.0. The molecular weight excluding hydrogens is 370 g/mol. The van der Waals surface area contributed by atoms with Crippen molar-refractivity contribution in [2.24, 2.45) is 5.84 Å². The van der Waals surface area contributed by atoms with Crippen molar-refractivity contribution in [3.05, 3.63) is 62.5 Å². The Bertz CT molecular complexity index is 774. The summed E-state index contributed by atoms with van der Waals surface area (Å²) in [6.45, 7) is 0. The first kappa shape index (κ1) is 14.9. The van der Waals surface area contributed by atoms with E-state index in [9.17, 15) is 0 Å². The minimum absolute atomic E-state index is 0.0253. The summed E-state index contributed by atoms with van der Waals surface area (Å²) in [7, 11) is 0. The van der Waals surface area contributed by atoms with E-state index in [1.54, 1.807) is 11.3 Å². The number of rotatable bonds is 4. The van der Waals surface area contributed by atoms with Crippen molar-refractivity contribution in [3.63, 3.8) is 0 Å². The Balaban J connectivity index is 1.90. The second-order valence-corrected chi connectivity index (χ2v) is 7.00. The molecule has 6 heteroatoms. The van der Waals surface area contributed by atoms with Gasteiger partial charge in [0.05, 0.1) is 16.3 Å². The van der Waals surface area contributed by atoms with Crippen molar-refractivity contribution in [2.75, 3.05) is 0 Å². The molecule has 1 atom stereocenters. The molecule has 0 spiro atoms. The van der Waals surface area contributed by atoms with Crippen molar-refractivity contribution < 1.29 is 0 Å². The number of thiophene rings is 1. The molecule has 21 heavy (non-hydrogen) atoms. The summed E-state index contributed by atoms with van der Waals surface area (Å²) in [5.74, 6) is 5.73. The van der Waals surface area contributed by atoms with Crippen molar-refractivity contribution in [3.8, 4) is 0 Å². The molecule has 3 N–H and O–H groups in total. The lowest BCUT2D eigenvalue weighted by molar-refractivity contribution is 0.551. The van der Waals surface area contributed by atoms with Crippen LogP contribution in [0.15, 0.2) is 46.4 Å². The van der Waals surface area contributed by atoms with Crippen LogP contribution < -0.4 is 11.3 Å². The summed E-state index contributed by atoms with van der Waals surface area (Å²) >= 11 is 11.4. The zero-order valence-corrected chi connectivity index (χ0v) is 14.2. The molecule has 1 aromatic carbocycles. The van der Waals surface area contributed by atoms with Gasteiger partial charge in [0, 0.05) is 15.7 Å². The van der Waals surface area contributed by atoms with Crippen LogP contribution in [0.5, 0.6) is 0 Å². The number of nitrogens with two attached hydrogens (primary N) is 1. The van der Waals surface area contributed by atoms with Gasteiger partial charge in [-0.2, -0.15) is 0 Å². The predicted molar refractivity (Wildman–Crippen MR) is 92.5 cm³/mol. The number of hydrazine groups is 1. The molecule has 0 saturated carbocycles. The fourth-order valence-electron chi connectivity index (χ4n) is 2.23. The molecule has 3 rings (SSSR count). The maximum atomic E-state index is 6.28. The molecule has 0 saturated heterocycles. The van der Waals surface area contributed by atoms with Crippen LogP contribution >= 0.6 is 38.9 Å². The van der Waals surface area contributed by atoms with Gasteiger partial charge in [-0.25, -0.2) is 0 Å². The lowest BCUT2D eigenvalue weighted by Gasteiger charge is -2.17. The van der Waals surface area contributed by atoms with Gasteiger partial charge >= 0.3 is 0 Å². The van der Waals surface area contributed by atoms with Gasteiger partial charge in [-0.15, -0.1) is 11.3 Å². The van der Waals surface area contributed by atoms with Crippen LogP contribution in [-0.4, -0.2) is 4.98 Å². The third kappa shape index (κ3) is 3.27. The Labute approximate surface area is 140 Å². The van der Waals surface area contributed by atoms with E-state index in [1.807, 2.05) is 35.8 Å². The Hall–Kier alpha value is -0.980. The number of aromatic nitrogens is 1. The highest BCUT2D eigenvalue weighted by atomic mass is 79.9. The van der Waals surface area contributed by atoms with Crippen LogP contribution in [0.3, 0.4) is 0 Å². The maximum Gasteiger partial charge on any atom is 0.0809 e. The van der Waals surface area contributed by atoms with Gasteiger partial charge in [0.15, 0.2) is 0 Å². The zero-order chi connectivity index (χ0) is 14.8. The molecule has 0 fully saturated rings. The largest absolute Gasteiger partial charge is 0.271 e. The highest BCUT2D eigenvalue weighted by Gasteiger charge is 2.14. The quantitative estimate of drug-likeness (QED) is 0.517. The van der Waals surface area contributed by atoms with Crippen LogP contribution in [-0.2, 0) is 6.42 Å². The van der Waals surface area contributed by atoms with Gasteiger partial charge in [0.1, 0.15) is 0 Å².